The number of rotatable bonds is 0. The van der Waals surface area contributed by atoms with Gasteiger partial charge in [0.25, 0.3) is 5.97 Å². The van der Waals surface area contributed by atoms with Gasteiger partial charge in [0.1, 0.15) is 0 Å². The van der Waals surface area contributed by atoms with Crippen molar-refractivity contribution >= 4 is 16.9 Å². The Morgan fingerprint density at radius 2 is 2.00 bits per heavy atom. The van der Waals surface area contributed by atoms with E-state index in [1.807, 2.05) is 24.3 Å². The van der Waals surface area contributed by atoms with Gasteiger partial charge in [0, 0.05) is 18.5 Å². The Morgan fingerprint density at radius 1 is 1.40 bits per heavy atom. The minimum Gasteiger partial charge on any atom is -0.481 e. The van der Waals surface area contributed by atoms with Crippen molar-refractivity contribution in [3.63, 3.8) is 0 Å². The second kappa shape index (κ2) is 4.90. The summed E-state index contributed by atoms with van der Waals surface area (Å²) in [5, 5.41) is 8.37. The average Bonchev–Trinajstić information content (AvgIpc) is 2.16. The molecular weight excluding hydrogens is 196 g/mol. The molecule has 5 nitrogen and oxygen atoms in total. The number of hydrogen-bond donors (Lipinski definition) is 2. The van der Waals surface area contributed by atoms with Crippen LogP contribution in [-0.2, 0) is 4.79 Å². The van der Waals surface area contributed by atoms with Crippen LogP contribution in [0.1, 0.15) is 6.92 Å². The molecule has 2 rings (SSSR count). The van der Waals surface area contributed by atoms with Gasteiger partial charge in [-0.3, -0.25) is 4.79 Å². The van der Waals surface area contributed by atoms with Crippen LogP contribution in [0.25, 0.3) is 10.9 Å². The van der Waals surface area contributed by atoms with Gasteiger partial charge in [-0.05, 0) is 6.07 Å². The predicted octanol–water partition coefficient (Wildman–Crippen LogP) is 1.01. The van der Waals surface area contributed by atoms with Gasteiger partial charge in [-0.25, -0.2) is 9.78 Å². The summed E-state index contributed by atoms with van der Waals surface area (Å²) in [5.74, 6) is -0.833. The van der Waals surface area contributed by atoms with Gasteiger partial charge in [0.2, 0.25) is 0 Å². The Morgan fingerprint density at radius 3 is 2.67 bits per heavy atom. The maximum Gasteiger partial charge on any atom is 0.345 e. The summed E-state index contributed by atoms with van der Waals surface area (Å²) in [6.45, 7) is 1.08. The molecule has 0 fully saturated rings. The average molecular weight is 206 g/mol. The molecule has 0 saturated heterocycles. The Kier molecular flexibility index (Phi) is 3.56. The molecule has 5 heteroatoms. The lowest BCUT2D eigenvalue weighted by atomic mass is 10.2. The summed E-state index contributed by atoms with van der Waals surface area (Å²) in [6, 6.07) is 7.53. The van der Waals surface area contributed by atoms with Crippen molar-refractivity contribution in [2.24, 2.45) is 0 Å². The molecule has 1 heterocycles. The molecule has 1 aromatic carbocycles. The number of para-hydroxylation sites is 1. The van der Waals surface area contributed by atoms with Gasteiger partial charge in [0.05, 0.1) is 5.52 Å². The summed E-state index contributed by atoms with van der Waals surface area (Å²) >= 11 is 0. The van der Waals surface area contributed by atoms with Gasteiger partial charge in [-0.1, -0.05) is 18.2 Å². The fraction of sp³-hybridized carbons (Fsp3) is 0.100. The van der Waals surface area contributed by atoms with Crippen LogP contribution >= 0.6 is 0 Å². The third-order valence-electron chi connectivity index (χ3n) is 1.52. The molecule has 0 atom stereocenters. The number of carboxylic acids is 1. The number of aromatic amines is 1. The number of carboxylic acid groups (broad SMARTS) is 1. The van der Waals surface area contributed by atoms with Crippen LogP contribution in [-0.4, -0.2) is 21.0 Å². The minimum atomic E-state index is -0.833. The van der Waals surface area contributed by atoms with Gasteiger partial charge in [-0.15, -0.1) is 0 Å². The molecule has 0 aliphatic heterocycles. The van der Waals surface area contributed by atoms with E-state index < -0.39 is 5.97 Å². The van der Waals surface area contributed by atoms with Crippen molar-refractivity contribution in [2.45, 2.75) is 6.92 Å². The van der Waals surface area contributed by atoms with Crippen LogP contribution in [0.5, 0.6) is 0 Å². The van der Waals surface area contributed by atoms with Gasteiger partial charge in [0.15, 0.2) is 0 Å². The highest BCUT2D eigenvalue weighted by Gasteiger charge is 1.90. The van der Waals surface area contributed by atoms with E-state index in [1.165, 1.54) is 0 Å². The van der Waals surface area contributed by atoms with Crippen molar-refractivity contribution in [2.75, 3.05) is 0 Å². The number of fused-ring (bicyclic) bond motifs is 1. The third kappa shape index (κ3) is 3.60. The SMILES string of the molecule is CC(=O)O.O=c1ncc2ccccc2[nH]1. The highest BCUT2D eigenvalue weighted by molar-refractivity contribution is 5.76. The molecule has 2 aromatic rings. The highest BCUT2D eigenvalue weighted by Crippen LogP contribution is 2.05. The maximum atomic E-state index is 10.7. The summed E-state index contributed by atoms with van der Waals surface area (Å²) in [5.41, 5.74) is 0.524. The lowest BCUT2D eigenvalue weighted by Crippen LogP contribution is -2.07. The number of carbonyl (C=O) groups is 1. The van der Waals surface area contributed by atoms with Crippen molar-refractivity contribution in [1.82, 2.24) is 9.97 Å². The Labute approximate surface area is 85.4 Å². The molecule has 0 spiro atoms. The third-order valence-corrected chi connectivity index (χ3v) is 1.52. The summed E-state index contributed by atoms with van der Waals surface area (Å²) in [4.78, 5) is 25.9. The first-order chi connectivity index (χ1) is 7.09. The van der Waals surface area contributed by atoms with E-state index >= 15 is 0 Å². The smallest absolute Gasteiger partial charge is 0.345 e. The first-order valence-corrected chi connectivity index (χ1v) is 4.23. The highest BCUT2D eigenvalue weighted by atomic mass is 16.4. The van der Waals surface area contributed by atoms with E-state index in [0.29, 0.717) is 0 Å². The van der Waals surface area contributed by atoms with E-state index in [-0.39, 0.29) is 5.69 Å². The second-order valence-electron chi connectivity index (χ2n) is 2.79. The van der Waals surface area contributed by atoms with Crippen LogP contribution < -0.4 is 5.69 Å². The number of H-pyrrole nitrogens is 1. The fourth-order valence-corrected chi connectivity index (χ4v) is 0.999. The minimum absolute atomic E-state index is 0.302. The van der Waals surface area contributed by atoms with E-state index in [1.54, 1.807) is 6.20 Å². The summed E-state index contributed by atoms with van der Waals surface area (Å²) in [6.07, 6.45) is 1.56. The number of nitrogens with zero attached hydrogens (tertiary/aromatic N) is 1. The van der Waals surface area contributed by atoms with E-state index in [4.69, 9.17) is 9.90 Å². The van der Waals surface area contributed by atoms with Crippen molar-refractivity contribution in [1.29, 1.82) is 0 Å². The quantitative estimate of drug-likeness (QED) is 0.673. The van der Waals surface area contributed by atoms with Crippen molar-refractivity contribution in [3.05, 3.63) is 40.9 Å². The first kappa shape index (κ1) is 10.9. The molecular formula is C10H10N2O3. The fourth-order valence-electron chi connectivity index (χ4n) is 0.999. The maximum absolute atomic E-state index is 10.7. The standard InChI is InChI=1S/C8H6N2O.C2H4O2/c11-8-9-5-6-3-1-2-4-7(6)10-8;1-2(3)4/h1-5H,(H,9,10,11);1H3,(H,3,4). The molecule has 0 radical (unpaired) electrons. The van der Waals surface area contributed by atoms with E-state index in [2.05, 4.69) is 9.97 Å². The van der Waals surface area contributed by atoms with Crippen molar-refractivity contribution in [3.8, 4) is 0 Å². The van der Waals surface area contributed by atoms with Gasteiger partial charge >= 0.3 is 5.69 Å². The molecule has 0 amide bonds. The molecule has 0 saturated carbocycles. The number of benzene rings is 1. The number of aromatic nitrogens is 2. The molecule has 15 heavy (non-hydrogen) atoms. The zero-order valence-corrected chi connectivity index (χ0v) is 8.10. The molecule has 0 aliphatic carbocycles. The van der Waals surface area contributed by atoms with Crippen LogP contribution in [0.3, 0.4) is 0 Å². The number of nitrogens with one attached hydrogen (secondary N) is 1. The molecule has 0 aliphatic rings. The Balaban J connectivity index is 0.000000245. The van der Waals surface area contributed by atoms with Crippen LogP contribution in [0.4, 0.5) is 0 Å². The normalized spacial score (nSPS) is 9.13. The lowest BCUT2D eigenvalue weighted by molar-refractivity contribution is -0.134. The Hall–Kier alpha value is -2.17. The lowest BCUT2D eigenvalue weighted by Gasteiger charge is -1.92. The largest absolute Gasteiger partial charge is 0.481 e. The van der Waals surface area contributed by atoms with Gasteiger partial charge in [-0.2, -0.15) is 0 Å². The zero-order chi connectivity index (χ0) is 11.3. The van der Waals surface area contributed by atoms with Crippen LogP contribution in [0, 0.1) is 0 Å². The molecule has 1 aromatic heterocycles. The molecule has 0 bridgehead atoms. The second-order valence-corrected chi connectivity index (χ2v) is 2.79. The first-order valence-electron chi connectivity index (χ1n) is 4.23. The molecule has 0 unspecified atom stereocenters. The van der Waals surface area contributed by atoms with Crippen LogP contribution in [0.15, 0.2) is 35.3 Å². The molecule has 78 valence electrons. The number of aliphatic carboxylic acids is 1. The number of hydrogen-bond acceptors (Lipinski definition) is 3. The summed E-state index contributed by atoms with van der Waals surface area (Å²) in [7, 11) is 0. The van der Waals surface area contributed by atoms with Crippen LogP contribution in [0.2, 0.25) is 0 Å². The molecule has 2 N–H and O–H groups in total. The van der Waals surface area contributed by atoms with E-state index in [9.17, 15) is 4.79 Å². The monoisotopic (exact) mass is 206 g/mol. The predicted molar refractivity (Wildman–Crippen MR) is 55.7 cm³/mol. The summed E-state index contributed by atoms with van der Waals surface area (Å²) < 4.78 is 0. The van der Waals surface area contributed by atoms with Gasteiger partial charge < -0.3 is 10.1 Å². The Bertz CT molecular complexity index is 515. The topological polar surface area (TPSA) is 83.0 Å². The van der Waals surface area contributed by atoms with Crippen molar-refractivity contribution < 1.29 is 9.90 Å². The zero-order valence-electron chi connectivity index (χ0n) is 8.10. The van der Waals surface area contributed by atoms with E-state index in [0.717, 1.165) is 17.8 Å².